The molecule has 2 aromatic carbocycles. The number of ketones is 1. The predicted octanol–water partition coefficient (Wildman–Crippen LogP) is 9.59. The molecule has 0 aromatic heterocycles. The van der Waals surface area contributed by atoms with Crippen LogP contribution in [-0.4, -0.2) is 102 Å². The van der Waals surface area contributed by atoms with Gasteiger partial charge in [0.2, 0.25) is 0 Å². The predicted molar refractivity (Wildman–Crippen MR) is 292 cm³/mol. The molecule has 70 heavy (non-hydrogen) atoms. The number of para-hydroxylation sites is 2. The van der Waals surface area contributed by atoms with Crippen LogP contribution in [0.25, 0.3) is 0 Å². The maximum absolute atomic E-state index is 13.9. The molecule has 2 bridgehead atoms. The maximum atomic E-state index is 13.9. The van der Waals surface area contributed by atoms with Crippen molar-refractivity contribution >= 4 is 38.9 Å². The van der Waals surface area contributed by atoms with Gasteiger partial charge in [-0.25, -0.2) is 0 Å². The van der Waals surface area contributed by atoms with Gasteiger partial charge >= 0.3 is 0 Å². The molecule has 0 amide bonds. The van der Waals surface area contributed by atoms with Gasteiger partial charge in [-0.15, -0.1) is 0 Å². The first-order chi connectivity index (χ1) is 33.5. The topological polar surface area (TPSA) is 152 Å². The molecular formula is C57H86ClN7O4S. The van der Waals surface area contributed by atoms with Gasteiger partial charge in [-0.3, -0.25) is 9.35 Å². The molecule has 7 N–H and O–H groups in total. The first-order valence-corrected chi connectivity index (χ1v) is 28.8. The van der Waals surface area contributed by atoms with E-state index in [-0.39, 0.29) is 33.6 Å². The molecule has 8 rings (SSSR count). The number of fused-ring (bicyclic) bond motifs is 17. The van der Waals surface area contributed by atoms with Crippen LogP contribution < -0.4 is 36.8 Å². The minimum Gasteiger partial charge on any atom is -0.364 e. The summed E-state index contributed by atoms with van der Waals surface area (Å²) >= 11 is 7.35. The maximum Gasteiger partial charge on any atom is 0.264 e. The summed E-state index contributed by atoms with van der Waals surface area (Å²) in [4.78, 5) is 18.8. The monoisotopic (exact) mass is 1000 g/mol. The van der Waals surface area contributed by atoms with E-state index in [1.54, 1.807) is 0 Å². The largest absolute Gasteiger partial charge is 0.364 e. The number of anilines is 2. The van der Waals surface area contributed by atoms with Gasteiger partial charge < -0.3 is 36.8 Å². The number of Topliss-reactive ketones (excluding diaryl/α,β-unsaturated/α-hetero) is 1. The van der Waals surface area contributed by atoms with Crippen LogP contribution in [0.1, 0.15) is 142 Å². The highest BCUT2D eigenvalue weighted by Crippen LogP contribution is 2.49. The van der Waals surface area contributed by atoms with Crippen molar-refractivity contribution in [3.8, 4) is 0 Å². The molecule has 3 saturated heterocycles. The molecule has 11 nitrogen and oxygen atoms in total. The van der Waals surface area contributed by atoms with Crippen LogP contribution in [0.2, 0.25) is 0 Å². The zero-order valence-electron chi connectivity index (χ0n) is 43.0. The Kier molecular flexibility index (Phi) is 19.1. The summed E-state index contributed by atoms with van der Waals surface area (Å²) in [6.45, 7) is 17.6. The van der Waals surface area contributed by atoms with Gasteiger partial charge in [0.05, 0.1) is 11.8 Å². The summed E-state index contributed by atoms with van der Waals surface area (Å²) < 4.78 is 32.3. The lowest BCUT2D eigenvalue weighted by Crippen LogP contribution is -2.57. The van der Waals surface area contributed by atoms with Gasteiger partial charge in [-0.2, -0.15) is 8.42 Å². The van der Waals surface area contributed by atoms with E-state index >= 15 is 0 Å². The molecular weight excluding hydrogens is 914 g/mol. The number of hydrogen-bond acceptors (Lipinski definition) is 10. The number of carbonyl (C=O) groups excluding carboxylic acids is 1. The zero-order chi connectivity index (χ0) is 49.8. The highest BCUT2D eigenvalue weighted by molar-refractivity contribution is 7.85. The summed E-state index contributed by atoms with van der Waals surface area (Å²) in [6, 6.07) is 17.4. The van der Waals surface area contributed by atoms with Crippen molar-refractivity contribution in [1.82, 2.24) is 21.3 Å². The fourth-order valence-electron chi connectivity index (χ4n) is 12.1. The normalized spacial score (nSPS) is 27.0. The van der Waals surface area contributed by atoms with E-state index in [4.69, 9.17) is 17.3 Å². The van der Waals surface area contributed by atoms with Crippen molar-refractivity contribution in [1.29, 1.82) is 0 Å². The first kappa shape index (κ1) is 54.4. The summed E-state index contributed by atoms with van der Waals surface area (Å²) in [5.41, 5.74) is 14.8. The summed E-state index contributed by atoms with van der Waals surface area (Å²) in [7, 11) is -3.99. The third-order valence-corrected chi connectivity index (χ3v) is 17.5. The number of carbonyl (C=O) groups is 1. The molecule has 5 heterocycles. The Hall–Kier alpha value is -3.33. The number of halogens is 1. The van der Waals surface area contributed by atoms with E-state index in [1.807, 2.05) is 0 Å². The highest BCUT2D eigenvalue weighted by atomic mass is 35.5. The van der Waals surface area contributed by atoms with Gasteiger partial charge in [0.1, 0.15) is 5.78 Å². The van der Waals surface area contributed by atoms with Crippen LogP contribution in [-0.2, 0) is 25.7 Å². The lowest BCUT2D eigenvalue weighted by Gasteiger charge is -2.36. The Bertz CT molecular complexity index is 2280. The summed E-state index contributed by atoms with van der Waals surface area (Å²) in [5.74, 6) is 0.167. The number of benzene rings is 2. The molecule has 6 aliphatic rings. The highest BCUT2D eigenvalue weighted by Gasteiger charge is 2.43. The van der Waals surface area contributed by atoms with Crippen LogP contribution in [0.5, 0.6) is 0 Å². The molecule has 0 spiro atoms. The van der Waals surface area contributed by atoms with Crippen molar-refractivity contribution in [2.24, 2.45) is 11.1 Å². The number of allylic oxidation sites excluding steroid dienone is 7. The van der Waals surface area contributed by atoms with Gasteiger partial charge in [0.15, 0.2) is 0 Å². The smallest absolute Gasteiger partial charge is 0.264 e. The van der Waals surface area contributed by atoms with E-state index in [0.717, 1.165) is 139 Å². The SMILES string of the molecule is CC1(C)/C(=C\C=C2/CCCC(/C=C/C3N(CCCCS(=O)(=O)O)c4ccccc4C3(C)C)=C2Cl)N(CCCCCC(=O)CC23CCCCCCC(N)(CNCCNC2)CNCCNC3)c2ccccc21. The average Bonchev–Trinajstić information content (AvgIpc) is 3.67. The van der Waals surface area contributed by atoms with Gasteiger partial charge in [-0.1, -0.05) is 126 Å². The second kappa shape index (κ2) is 24.6. The Balaban J connectivity index is 1.00. The van der Waals surface area contributed by atoms with Crippen molar-refractivity contribution in [2.75, 3.05) is 81.0 Å². The Labute approximate surface area is 426 Å². The number of unbranched alkanes of at least 4 members (excludes halogenated alkanes) is 3. The Morgan fingerprint density at radius 3 is 2.09 bits per heavy atom. The number of rotatable bonds is 16. The van der Waals surface area contributed by atoms with Gasteiger partial charge in [0, 0.05) is 122 Å². The van der Waals surface area contributed by atoms with Gasteiger partial charge in [-0.05, 0) is 98.3 Å². The van der Waals surface area contributed by atoms with Crippen molar-refractivity contribution in [2.45, 2.75) is 153 Å². The molecule has 13 heteroatoms. The number of hydrogen-bond donors (Lipinski definition) is 6. The lowest BCUT2D eigenvalue weighted by atomic mass is 9.76. The second-order valence-electron chi connectivity index (χ2n) is 22.5. The fourth-order valence-corrected chi connectivity index (χ4v) is 13.0. The van der Waals surface area contributed by atoms with Crippen LogP contribution in [0.3, 0.4) is 0 Å². The standard InChI is InChI=1S/C57H86ClN7O4S/c1-54(2)47-22-9-11-24-49(47)64(36-15-7-8-21-46(66)39-56-30-13-5-6-14-31-57(59,42-62-34-32-60-40-56)43-63-35-33-61-41-56)51(54)28-26-44-19-18-20-45(53(44)58)27-29-52-55(3,4)48-23-10-12-25-50(48)65(52)37-16-17-38-70(67,68)69/h9-12,22-29,52,60-63H,5-8,13-21,30-43,59H2,1-4H3,(H,67,68,69)/b29-27+,44-26+,51-28+. The second-order valence-corrected chi connectivity index (χ2v) is 24.4. The average molecular weight is 1000 g/mol. The molecule has 1 aliphatic carbocycles. The fraction of sp³-hybridized carbons (Fsp3) is 0.632. The van der Waals surface area contributed by atoms with E-state index in [2.05, 4.69) is 132 Å². The molecule has 0 radical (unpaired) electrons. The lowest BCUT2D eigenvalue weighted by molar-refractivity contribution is -0.121. The molecule has 5 aliphatic heterocycles. The van der Waals surface area contributed by atoms with E-state index in [1.165, 1.54) is 41.0 Å². The summed E-state index contributed by atoms with van der Waals surface area (Å²) in [5, 5.41) is 15.6. The summed E-state index contributed by atoms with van der Waals surface area (Å²) in [6.07, 6.45) is 23.9. The van der Waals surface area contributed by atoms with Gasteiger partial charge in [0.25, 0.3) is 10.1 Å². The van der Waals surface area contributed by atoms with Crippen LogP contribution in [0.15, 0.2) is 94.7 Å². The number of nitrogens with two attached hydrogens (primary N) is 1. The zero-order valence-corrected chi connectivity index (χ0v) is 44.6. The third kappa shape index (κ3) is 14.0. The number of nitrogens with one attached hydrogen (secondary N) is 4. The molecule has 386 valence electrons. The molecule has 3 fully saturated rings. The van der Waals surface area contributed by atoms with E-state index in [0.29, 0.717) is 38.0 Å². The third-order valence-electron chi connectivity index (χ3n) is 16.2. The van der Waals surface area contributed by atoms with Crippen molar-refractivity contribution < 1.29 is 17.8 Å². The minimum atomic E-state index is -3.99. The molecule has 0 saturated carbocycles. The van der Waals surface area contributed by atoms with E-state index in [9.17, 15) is 17.8 Å². The first-order valence-electron chi connectivity index (χ1n) is 26.8. The van der Waals surface area contributed by atoms with Crippen molar-refractivity contribution in [3.63, 3.8) is 0 Å². The van der Waals surface area contributed by atoms with Crippen molar-refractivity contribution in [3.05, 3.63) is 106 Å². The Morgan fingerprint density at radius 2 is 1.39 bits per heavy atom. The van der Waals surface area contributed by atoms with Crippen LogP contribution >= 0.6 is 11.6 Å². The molecule has 1 atom stereocenters. The van der Waals surface area contributed by atoms with Crippen LogP contribution in [0.4, 0.5) is 11.4 Å². The quantitative estimate of drug-likeness (QED) is 0.0705. The Morgan fingerprint density at radius 1 is 0.757 bits per heavy atom. The minimum absolute atomic E-state index is 0.0577. The molecule has 2 aromatic rings. The van der Waals surface area contributed by atoms with E-state index < -0.39 is 10.1 Å². The molecule has 1 unspecified atom stereocenters. The number of nitrogens with zero attached hydrogens (tertiary/aromatic N) is 2. The van der Waals surface area contributed by atoms with Crippen LogP contribution in [0, 0.1) is 5.41 Å².